The molecule has 6 rings (SSSR count). The molecule has 2 atom stereocenters. The van der Waals surface area contributed by atoms with Gasteiger partial charge in [-0.05, 0) is 79.0 Å². The molecule has 2 aromatic heterocycles. The van der Waals surface area contributed by atoms with Gasteiger partial charge in [0.05, 0.1) is 47.4 Å². The monoisotopic (exact) mass is 890 g/mol. The van der Waals surface area contributed by atoms with Crippen LogP contribution in [0, 0.1) is 0 Å². The predicted octanol–water partition coefficient (Wildman–Crippen LogP) is 1.44. The largest absolute Gasteiger partial charge is 1.00 e. The number of aromatic nitrogens is 4. The summed E-state index contributed by atoms with van der Waals surface area (Å²) >= 11 is 3.44. The maximum absolute atomic E-state index is 11.8. The number of hydrogen-bond acceptors (Lipinski definition) is 13. The van der Waals surface area contributed by atoms with Crippen molar-refractivity contribution < 1.29 is 138 Å². The number of benzene rings is 4. The summed E-state index contributed by atoms with van der Waals surface area (Å²) in [6, 6.07) is 30.8. The molecule has 0 fully saturated rings. The van der Waals surface area contributed by atoms with Crippen molar-refractivity contribution in [2.75, 3.05) is 19.5 Å². The molecule has 2 unspecified atom stereocenters. The molecule has 57 heavy (non-hydrogen) atoms. The molecule has 3 N–H and O–H groups in total. The van der Waals surface area contributed by atoms with Crippen molar-refractivity contribution >= 4 is 62.2 Å². The van der Waals surface area contributed by atoms with Gasteiger partial charge in [-0.1, -0.05) is 74.5 Å². The Bertz CT molecular complexity index is 2170. The van der Waals surface area contributed by atoms with E-state index in [0.717, 1.165) is 52.2 Å². The first kappa shape index (κ1) is 52.5. The number of carbonyl (C=O) groups excluding carboxylic acids is 3. The van der Waals surface area contributed by atoms with Crippen molar-refractivity contribution in [1.29, 1.82) is 0 Å². The van der Waals surface area contributed by atoms with E-state index >= 15 is 0 Å². The Balaban J connectivity index is 0.000000895. The molecule has 290 valence electrons. The van der Waals surface area contributed by atoms with Crippen molar-refractivity contribution in [3.05, 3.63) is 113 Å². The maximum Gasteiger partial charge on any atom is 1.00 e. The molecule has 16 heteroatoms. The Kier molecular flexibility index (Phi) is 25.8. The third-order valence-corrected chi connectivity index (χ3v) is 8.45. The van der Waals surface area contributed by atoms with Crippen LogP contribution in [0.1, 0.15) is 62.7 Å². The second kappa shape index (κ2) is 28.0. The number of carbonyl (C=O) groups is 3. The minimum absolute atomic E-state index is 0. The first-order valence-corrected chi connectivity index (χ1v) is 18.1. The summed E-state index contributed by atoms with van der Waals surface area (Å²) in [6.45, 7) is 8.11. The van der Waals surface area contributed by atoms with Crippen LogP contribution in [0.4, 0.5) is 5.82 Å². The molecule has 4 aromatic carbocycles. The molecule has 0 amide bonds. The van der Waals surface area contributed by atoms with Gasteiger partial charge in [-0.15, -0.1) is 0 Å². The van der Waals surface area contributed by atoms with Gasteiger partial charge in [0, 0.05) is 23.2 Å². The van der Waals surface area contributed by atoms with Gasteiger partial charge in [0.1, 0.15) is 16.0 Å². The summed E-state index contributed by atoms with van der Waals surface area (Å²) in [5, 5.41) is 11.9. The van der Waals surface area contributed by atoms with Gasteiger partial charge in [0.2, 0.25) is 0 Å². The van der Waals surface area contributed by atoms with Crippen LogP contribution in [0.25, 0.3) is 44.6 Å². The summed E-state index contributed by atoms with van der Waals surface area (Å²) in [6.07, 6.45) is 2.05. The van der Waals surface area contributed by atoms with Crippen LogP contribution >= 0.6 is 15.9 Å². The van der Waals surface area contributed by atoms with E-state index in [0.29, 0.717) is 32.8 Å². The molecule has 0 aliphatic carbocycles. The molecule has 2 heterocycles. The van der Waals surface area contributed by atoms with E-state index < -0.39 is 0 Å². The van der Waals surface area contributed by atoms with Gasteiger partial charge in [-0.3, -0.25) is 4.79 Å². The Hall–Kier alpha value is -2.56. The van der Waals surface area contributed by atoms with Crippen molar-refractivity contribution in [3.8, 4) is 22.5 Å². The number of nitrogens with one attached hydrogen (secondary N) is 1. The number of methoxy groups -OCH3 is 2. The Morgan fingerprint density at radius 1 is 0.737 bits per heavy atom. The minimum Gasteiger partial charge on any atom is -1.00 e. The van der Waals surface area contributed by atoms with Gasteiger partial charge in [-0.25, -0.2) is 29.5 Å². The third-order valence-electron chi connectivity index (χ3n) is 7.90. The molecule has 0 bridgehead atoms. The van der Waals surface area contributed by atoms with Crippen LogP contribution < -0.4 is 119 Å². The number of nitrogens with two attached hydrogens (primary N) is 1. The third kappa shape index (κ3) is 16.5. The van der Waals surface area contributed by atoms with Crippen molar-refractivity contribution in [2.45, 2.75) is 52.6 Å². The average molecular weight is 892 g/mol. The zero-order valence-corrected chi connectivity index (χ0v) is 41.3. The Labute approximate surface area is 427 Å². The summed E-state index contributed by atoms with van der Waals surface area (Å²) in [4.78, 5) is 53.2. The van der Waals surface area contributed by atoms with E-state index in [-0.39, 0.29) is 129 Å². The smallest absolute Gasteiger partial charge is 1.00 e. The first-order chi connectivity index (χ1) is 26.5. The predicted molar refractivity (Wildman–Crippen MR) is 216 cm³/mol. The average Bonchev–Trinajstić information content (AvgIpc) is 3.23. The zero-order valence-electron chi connectivity index (χ0n) is 34.5. The van der Waals surface area contributed by atoms with Crippen molar-refractivity contribution in [2.24, 2.45) is 5.73 Å². The fourth-order valence-electron chi connectivity index (χ4n) is 4.59. The molecule has 6 aromatic rings. The number of halogens is 1. The SMILES string of the molecule is CCC(C)N.CCC(C)Nc1nc2cc(C(=O)OC)ccc2nc1-c1ccccc1.COC(=O)c1ccc2nc(-c3ccccc3)c(Br)nc2c1.O=CO[O-].[H-].[K+].[K+]. The van der Waals surface area contributed by atoms with E-state index in [1.165, 1.54) is 14.2 Å². The van der Waals surface area contributed by atoms with E-state index in [1.54, 1.807) is 36.4 Å². The number of fused-ring (bicyclic) bond motifs is 2. The summed E-state index contributed by atoms with van der Waals surface area (Å²) in [5.74, 6) is -0.0516. The Morgan fingerprint density at radius 2 is 1.16 bits per heavy atom. The van der Waals surface area contributed by atoms with Crippen LogP contribution in [-0.4, -0.2) is 64.7 Å². The van der Waals surface area contributed by atoms with Gasteiger partial charge >= 0.3 is 115 Å². The number of anilines is 1. The fourth-order valence-corrected chi connectivity index (χ4v) is 5.10. The quantitative estimate of drug-likeness (QED) is 0.0698. The number of ether oxygens (including phenoxy) is 2. The van der Waals surface area contributed by atoms with E-state index in [4.69, 9.17) is 35.2 Å². The molecule has 0 aliphatic heterocycles. The van der Waals surface area contributed by atoms with Gasteiger partial charge in [0.15, 0.2) is 5.82 Å². The number of hydrogen-bond donors (Lipinski definition) is 2. The fraction of sp³-hybridized carbons (Fsp3) is 0.244. The number of esters is 2. The molecule has 0 saturated carbocycles. The summed E-state index contributed by atoms with van der Waals surface area (Å²) in [7, 11) is 2.72. The molecule has 0 saturated heterocycles. The van der Waals surface area contributed by atoms with E-state index in [1.807, 2.05) is 67.6 Å². The summed E-state index contributed by atoms with van der Waals surface area (Å²) in [5.41, 5.74) is 12.5. The zero-order chi connectivity index (χ0) is 40.3. The summed E-state index contributed by atoms with van der Waals surface area (Å²) < 4.78 is 10.1. The standard InChI is InChI=1S/C20H21N3O2.C16H11BrN2O2.C4H11N.CH2O3.2K.H/c1-4-13(2)21-19-18(14-8-6-5-7-9-14)22-16-11-10-15(20(24)25-3)12-17(16)23-19;1-21-16(20)11-7-8-12-13(9-11)19-15(17)14(18-12)10-5-3-2-4-6-10;1-3-4(2)5;2-1-4-3;;;/h5-13H,4H2,1-3H3,(H,21,23);2-9H,1H3;4H,3,5H2,1-2H3;1,3H;;;/q;;;;2*+1;-1/p-1. The topological polar surface area (TPSA) is 192 Å². The van der Waals surface area contributed by atoms with Crippen molar-refractivity contribution in [1.82, 2.24) is 19.9 Å². The van der Waals surface area contributed by atoms with Crippen LogP contribution in [0.15, 0.2) is 102 Å². The van der Waals surface area contributed by atoms with Crippen molar-refractivity contribution in [3.63, 3.8) is 0 Å². The number of nitrogens with zero attached hydrogens (tertiary/aromatic N) is 4. The molecule has 0 aliphatic rings. The van der Waals surface area contributed by atoms with Gasteiger partial charge in [0.25, 0.3) is 6.47 Å². The van der Waals surface area contributed by atoms with Crippen LogP contribution in [0.3, 0.4) is 0 Å². The normalized spacial score (nSPS) is 10.8. The van der Waals surface area contributed by atoms with E-state index in [9.17, 15) is 9.59 Å². The molecular formula is C41H45BrK2N6O7. The number of rotatable bonds is 9. The van der Waals surface area contributed by atoms with Crippen LogP contribution in [0.2, 0.25) is 0 Å². The van der Waals surface area contributed by atoms with Crippen LogP contribution in [-0.2, 0) is 19.2 Å². The molecular weight excluding hydrogens is 847 g/mol. The first-order valence-electron chi connectivity index (χ1n) is 17.3. The Morgan fingerprint density at radius 3 is 1.56 bits per heavy atom. The van der Waals surface area contributed by atoms with Gasteiger partial charge in [-0.2, -0.15) is 0 Å². The molecule has 0 radical (unpaired) electrons. The molecule has 13 nitrogen and oxygen atoms in total. The molecule has 0 spiro atoms. The van der Waals surface area contributed by atoms with Crippen LogP contribution in [0.5, 0.6) is 0 Å². The van der Waals surface area contributed by atoms with E-state index in [2.05, 4.69) is 56.9 Å². The van der Waals surface area contributed by atoms with Gasteiger partial charge < -0.3 is 32.1 Å². The second-order valence-corrected chi connectivity index (χ2v) is 12.7. The minimum atomic E-state index is -0.387. The second-order valence-electron chi connectivity index (χ2n) is 11.9. The maximum atomic E-state index is 11.8.